The van der Waals surface area contributed by atoms with E-state index in [1.165, 1.54) is 17.7 Å². The molecule has 7 heteroatoms. The van der Waals surface area contributed by atoms with Crippen LogP contribution in [0.4, 0.5) is 9.59 Å². The number of alkyl carbamates (subject to hydrolysis) is 1. The topological polar surface area (TPSA) is 79.9 Å². The molecule has 0 radical (unpaired) electrons. The molecule has 0 saturated heterocycles. The van der Waals surface area contributed by atoms with E-state index in [1.54, 1.807) is 14.1 Å². The summed E-state index contributed by atoms with van der Waals surface area (Å²) >= 11 is 0. The summed E-state index contributed by atoms with van der Waals surface area (Å²) in [5, 5.41) is 5.39. The Labute approximate surface area is 132 Å². The molecule has 1 rings (SSSR count). The van der Waals surface area contributed by atoms with Crippen LogP contribution in [0.15, 0.2) is 0 Å². The molecule has 2 N–H and O–H groups in total. The van der Waals surface area contributed by atoms with E-state index in [0.29, 0.717) is 6.61 Å². The Morgan fingerprint density at radius 1 is 1.23 bits per heavy atom. The second-order valence-electron chi connectivity index (χ2n) is 6.15. The smallest absolute Gasteiger partial charge is 0.407 e. The number of urea groups is 1. The molecule has 0 bridgehead atoms. The van der Waals surface area contributed by atoms with Gasteiger partial charge in [-0.25, -0.2) is 9.59 Å². The molecule has 1 aliphatic rings. The molecule has 0 aliphatic heterocycles. The predicted octanol–water partition coefficient (Wildman–Crippen LogP) is 1.72. The minimum absolute atomic E-state index is 0.000247. The second-order valence-corrected chi connectivity index (χ2v) is 6.15. The van der Waals surface area contributed by atoms with E-state index in [1.807, 2.05) is 13.8 Å². The van der Waals surface area contributed by atoms with Gasteiger partial charge in [-0.2, -0.15) is 0 Å². The summed E-state index contributed by atoms with van der Waals surface area (Å²) in [5.41, 5.74) is 0. The van der Waals surface area contributed by atoms with E-state index in [0.717, 1.165) is 12.8 Å². The number of carbonyl (C=O) groups is 2. The number of hydrogen-bond acceptors (Lipinski definition) is 4. The van der Waals surface area contributed by atoms with E-state index < -0.39 is 12.2 Å². The van der Waals surface area contributed by atoms with Gasteiger partial charge in [-0.3, -0.25) is 0 Å². The molecule has 128 valence electrons. The van der Waals surface area contributed by atoms with Gasteiger partial charge in [0, 0.05) is 20.1 Å². The molecule has 1 saturated carbocycles. The molecule has 0 aromatic heterocycles. The zero-order valence-electron chi connectivity index (χ0n) is 14.1. The molecule has 1 unspecified atom stereocenters. The van der Waals surface area contributed by atoms with Gasteiger partial charge >= 0.3 is 12.1 Å². The molecule has 0 heterocycles. The second kappa shape index (κ2) is 9.50. The maximum atomic E-state index is 11.7. The molecule has 0 aromatic rings. The van der Waals surface area contributed by atoms with Crippen LogP contribution < -0.4 is 10.6 Å². The van der Waals surface area contributed by atoms with Gasteiger partial charge in [0.25, 0.3) is 0 Å². The lowest BCUT2D eigenvalue weighted by Crippen LogP contribution is -2.44. The largest absolute Gasteiger partial charge is 0.442 e. The van der Waals surface area contributed by atoms with E-state index in [2.05, 4.69) is 10.6 Å². The standard InChI is InChI=1S/C15H29N3O4/c1-11(2)17-15(20)22-13(9-16-14(19)18(3)4)10-21-12-7-5-6-8-12/h11-13H,5-10H2,1-4H3,(H,16,19)(H,17,20). The quantitative estimate of drug-likeness (QED) is 0.749. The Morgan fingerprint density at radius 2 is 1.86 bits per heavy atom. The van der Waals surface area contributed by atoms with Crippen molar-refractivity contribution in [3.8, 4) is 0 Å². The Bertz CT molecular complexity index is 355. The average Bonchev–Trinajstić information content (AvgIpc) is 2.93. The molecule has 0 aromatic carbocycles. The third kappa shape index (κ3) is 7.49. The van der Waals surface area contributed by atoms with Crippen LogP contribution in [0.25, 0.3) is 0 Å². The number of rotatable bonds is 7. The van der Waals surface area contributed by atoms with Gasteiger partial charge in [0.15, 0.2) is 0 Å². The van der Waals surface area contributed by atoms with Gasteiger partial charge in [-0.05, 0) is 26.7 Å². The number of nitrogens with zero attached hydrogens (tertiary/aromatic N) is 1. The van der Waals surface area contributed by atoms with Crippen molar-refractivity contribution in [3.63, 3.8) is 0 Å². The molecule has 22 heavy (non-hydrogen) atoms. The summed E-state index contributed by atoms with van der Waals surface area (Å²) in [6.07, 6.45) is 3.72. The van der Waals surface area contributed by atoms with Crippen molar-refractivity contribution in [2.75, 3.05) is 27.2 Å². The average molecular weight is 315 g/mol. The summed E-state index contributed by atoms with van der Waals surface area (Å²) in [6, 6.07) is -0.223. The van der Waals surface area contributed by atoms with Crippen LogP contribution in [0.3, 0.4) is 0 Å². The molecule has 3 amide bonds. The van der Waals surface area contributed by atoms with E-state index in [-0.39, 0.29) is 24.7 Å². The van der Waals surface area contributed by atoms with E-state index in [4.69, 9.17) is 9.47 Å². The Balaban J connectivity index is 2.43. The fourth-order valence-electron chi connectivity index (χ4n) is 2.21. The first-order valence-electron chi connectivity index (χ1n) is 7.92. The van der Waals surface area contributed by atoms with E-state index >= 15 is 0 Å². The summed E-state index contributed by atoms with van der Waals surface area (Å²) in [5.74, 6) is 0. The lowest BCUT2D eigenvalue weighted by atomic mass is 10.3. The highest BCUT2D eigenvalue weighted by Gasteiger charge is 2.21. The van der Waals surface area contributed by atoms with Crippen LogP contribution in [-0.4, -0.2) is 62.5 Å². The summed E-state index contributed by atoms with van der Waals surface area (Å²) in [7, 11) is 3.32. The van der Waals surface area contributed by atoms with Crippen molar-refractivity contribution in [2.24, 2.45) is 0 Å². The molecular formula is C15H29N3O4. The number of hydrogen-bond donors (Lipinski definition) is 2. The van der Waals surface area contributed by atoms with Crippen molar-refractivity contribution in [1.82, 2.24) is 15.5 Å². The number of nitrogens with one attached hydrogen (secondary N) is 2. The first kappa shape index (κ1) is 18.5. The van der Waals surface area contributed by atoms with Gasteiger partial charge < -0.3 is 25.0 Å². The third-order valence-electron chi connectivity index (χ3n) is 3.39. The monoisotopic (exact) mass is 315 g/mol. The number of amides is 3. The lowest BCUT2D eigenvalue weighted by molar-refractivity contribution is -0.0136. The number of ether oxygens (including phenoxy) is 2. The van der Waals surface area contributed by atoms with Crippen molar-refractivity contribution in [2.45, 2.75) is 57.8 Å². The highest BCUT2D eigenvalue weighted by molar-refractivity contribution is 5.73. The zero-order valence-corrected chi connectivity index (χ0v) is 14.1. The van der Waals surface area contributed by atoms with Gasteiger partial charge in [-0.1, -0.05) is 12.8 Å². The normalized spacial score (nSPS) is 16.4. The fraction of sp³-hybridized carbons (Fsp3) is 0.867. The van der Waals surface area contributed by atoms with Crippen molar-refractivity contribution in [1.29, 1.82) is 0 Å². The summed E-state index contributed by atoms with van der Waals surface area (Å²) in [4.78, 5) is 24.7. The summed E-state index contributed by atoms with van der Waals surface area (Å²) in [6.45, 7) is 4.25. The molecule has 1 fully saturated rings. The summed E-state index contributed by atoms with van der Waals surface area (Å²) < 4.78 is 11.1. The minimum Gasteiger partial charge on any atom is -0.442 e. The number of carbonyl (C=O) groups excluding carboxylic acids is 2. The fourth-order valence-corrected chi connectivity index (χ4v) is 2.21. The van der Waals surface area contributed by atoms with Crippen LogP contribution >= 0.6 is 0 Å². The van der Waals surface area contributed by atoms with Crippen LogP contribution in [0.2, 0.25) is 0 Å². The van der Waals surface area contributed by atoms with Crippen LogP contribution in [0, 0.1) is 0 Å². The van der Waals surface area contributed by atoms with Crippen molar-refractivity contribution < 1.29 is 19.1 Å². The molecular weight excluding hydrogens is 286 g/mol. The van der Waals surface area contributed by atoms with Gasteiger partial charge in [-0.15, -0.1) is 0 Å². The zero-order chi connectivity index (χ0) is 16.5. The lowest BCUT2D eigenvalue weighted by Gasteiger charge is -2.22. The maximum absolute atomic E-state index is 11.7. The van der Waals surface area contributed by atoms with Gasteiger partial charge in [0.05, 0.1) is 19.3 Å². The minimum atomic E-state index is -0.497. The molecule has 1 atom stereocenters. The van der Waals surface area contributed by atoms with E-state index in [9.17, 15) is 9.59 Å². The van der Waals surface area contributed by atoms with Crippen molar-refractivity contribution in [3.05, 3.63) is 0 Å². The van der Waals surface area contributed by atoms with Gasteiger partial charge in [0.1, 0.15) is 6.10 Å². The van der Waals surface area contributed by atoms with Crippen LogP contribution in [-0.2, 0) is 9.47 Å². The highest BCUT2D eigenvalue weighted by Crippen LogP contribution is 2.21. The SMILES string of the molecule is CC(C)NC(=O)OC(CNC(=O)N(C)C)COC1CCCC1. The van der Waals surface area contributed by atoms with Crippen LogP contribution in [0.5, 0.6) is 0 Å². The van der Waals surface area contributed by atoms with Crippen LogP contribution in [0.1, 0.15) is 39.5 Å². The Morgan fingerprint density at radius 3 is 2.41 bits per heavy atom. The van der Waals surface area contributed by atoms with Crippen molar-refractivity contribution >= 4 is 12.1 Å². The maximum Gasteiger partial charge on any atom is 0.407 e. The Hall–Kier alpha value is -1.50. The predicted molar refractivity (Wildman–Crippen MR) is 83.8 cm³/mol. The Kier molecular flexibility index (Phi) is 8.01. The first-order valence-corrected chi connectivity index (χ1v) is 7.92. The first-order chi connectivity index (χ1) is 10.4. The molecule has 1 aliphatic carbocycles. The van der Waals surface area contributed by atoms with Gasteiger partial charge in [0.2, 0.25) is 0 Å². The molecule has 0 spiro atoms. The third-order valence-corrected chi connectivity index (χ3v) is 3.39. The molecule has 7 nitrogen and oxygen atoms in total. The highest BCUT2D eigenvalue weighted by atomic mass is 16.6.